The first kappa shape index (κ1) is 11.1. The van der Waals surface area contributed by atoms with Gasteiger partial charge in [-0.3, -0.25) is 4.90 Å². The van der Waals surface area contributed by atoms with Crippen molar-refractivity contribution in [2.45, 2.75) is 25.4 Å². The minimum atomic E-state index is 0.454. The maximum Gasteiger partial charge on any atom is 0.120 e. The van der Waals surface area contributed by atoms with Gasteiger partial charge in [0.15, 0.2) is 0 Å². The van der Waals surface area contributed by atoms with Gasteiger partial charge in [-0.25, -0.2) is 0 Å². The quantitative estimate of drug-likeness (QED) is 0.778. The van der Waals surface area contributed by atoms with E-state index in [1.807, 2.05) is 6.07 Å². The first-order valence-electron chi connectivity index (χ1n) is 6.94. The summed E-state index contributed by atoms with van der Waals surface area (Å²) in [5, 5.41) is 10.0. The topological polar surface area (TPSA) is 23.5 Å². The Kier molecular flexibility index (Phi) is 2.39. The van der Waals surface area contributed by atoms with Crippen molar-refractivity contribution in [3.63, 3.8) is 0 Å². The highest BCUT2D eigenvalue weighted by atomic mass is 16.3. The van der Waals surface area contributed by atoms with E-state index in [-0.39, 0.29) is 0 Å². The van der Waals surface area contributed by atoms with Crippen molar-refractivity contribution in [1.82, 2.24) is 4.90 Å². The van der Waals surface area contributed by atoms with Gasteiger partial charge in [0.2, 0.25) is 0 Å². The lowest BCUT2D eigenvalue weighted by Crippen LogP contribution is -2.39. The Hall–Kier alpha value is -1.80. The summed E-state index contributed by atoms with van der Waals surface area (Å²) in [6.07, 6.45) is 2.14. The van der Waals surface area contributed by atoms with Crippen LogP contribution in [0.15, 0.2) is 42.5 Å². The summed E-state index contributed by atoms with van der Waals surface area (Å²) in [7, 11) is 0. The molecule has 2 aliphatic heterocycles. The summed E-state index contributed by atoms with van der Waals surface area (Å²) >= 11 is 0. The van der Waals surface area contributed by atoms with Crippen LogP contribution in [0.25, 0.3) is 0 Å². The molecule has 2 heteroatoms. The number of aromatic hydroxyl groups is 1. The van der Waals surface area contributed by atoms with Gasteiger partial charge in [-0.2, -0.15) is 0 Å². The van der Waals surface area contributed by atoms with Crippen LogP contribution in [-0.2, 0) is 19.4 Å². The van der Waals surface area contributed by atoms with Gasteiger partial charge in [-0.1, -0.05) is 36.4 Å². The average Bonchev–Trinajstić information content (AvgIpc) is 2.46. The van der Waals surface area contributed by atoms with Crippen LogP contribution in [0.3, 0.4) is 0 Å². The Labute approximate surface area is 113 Å². The van der Waals surface area contributed by atoms with Crippen LogP contribution in [0.4, 0.5) is 0 Å². The number of fused-ring (bicyclic) bond motifs is 4. The lowest BCUT2D eigenvalue weighted by atomic mass is 9.84. The second-order valence-electron chi connectivity index (χ2n) is 5.55. The van der Waals surface area contributed by atoms with Crippen LogP contribution < -0.4 is 0 Å². The lowest BCUT2D eigenvalue weighted by Gasteiger charge is -2.41. The first-order valence-corrected chi connectivity index (χ1v) is 6.94. The zero-order valence-corrected chi connectivity index (χ0v) is 10.8. The van der Waals surface area contributed by atoms with E-state index in [0.717, 1.165) is 31.5 Å². The summed E-state index contributed by atoms with van der Waals surface area (Å²) in [5.41, 5.74) is 5.39. The van der Waals surface area contributed by atoms with Crippen LogP contribution in [0.1, 0.15) is 28.3 Å². The summed E-state index contributed by atoms with van der Waals surface area (Å²) in [6, 6.07) is 15.2. The fourth-order valence-corrected chi connectivity index (χ4v) is 3.54. The van der Waals surface area contributed by atoms with E-state index in [1.165, 1.54) is 16.7 Å². The maximum atomic E-state index is 10.0. The number of hydrogen-bond acceptors (Lipinski definition) is 2. The van der Waals surface area contributed by atoms with E-state index in [2.05, 4.69) is 35.2 Å². The van der Waals surface area contributed by atoms with Gasteiger partial charge < -0.3 is 5.11 Å². The second kappa shape index (κ2) is 4.10. The average molecular weight is 251 g/mol. The number of phenolic OH excluding ortho intramolecular Hbond substituents is 1. The van der Waals surface area contributed by atoms with Crippen molar-refractivity contribution < 1.29 is 5.11 Å². The highest BCUT2D eigenvalue weighted by molar-refractivity contribution is 5.44. The van der Waals surface area contributed by atoms with Gasteiger partial charge in [0.25, 0.3) is 0 Å². The van der Waals surface area contributed by atoms with Gasteiger partial charge in [0, 0.05) is 24.7 Å². The molecule has 2 heterocycles. The predicted octanol–water partition coefficient (Wildman–Crippen LogP) is 3.05. The summed E-state index contributed by atoms with van der Waals surface area (Å²) in [4.78, 5) is 2.50. The minimum absolute atomic E-state index is 0.454. The molecule has 0 spiro atoms. The van der Waals surface area contributed by atoms with Crippen LogP contribution in [0.5, 0.6) is 5.75 Å². The molecule has 0 amide bonds. The van der Waals surface area contributed by atoms with E-state index in [0.29, 0.717) is 11.8 Å². The molecule has 2 aromatic carbocycles. The van der Waals surface area contributed by atoms with E-state index in [1.54, 1.807) is 6.07 Å². The number of phenols is 1. The third-order valence-corrected chi connectivity index (χ3v) is 4.55. The van der Waals surface area contributed by atoms with Crippen molar-refractivity contribution in [3.8, 4) is 5.75 Å². The van der Waals surface area contributed by atoms with Gasteiger partial charge in [-0.05, 0) is 35.6 Å². The van der Waals surface area contributed by atoms with Gasteiger partial charge >= 0.3 is 0 Å². The molecule has 0 aromatic heterocycles. The molecule has 0 aliphatic carbocycles. The fourth-order valence-electron chi connectivity index (χ4n) is 3.54. The lowest BCUT2D eigenvalue weighted by molar-refractivity contribution is 0.158. The van der Waals surface area contributed by atoms with Crippen molar-refractivity contribution in [2.24, 2.45) is 0 Å². The summed E-state index contributed by atoms with van der Waals surface area (Å²) in [6.45, 7) is 1.97. The Balaban J connectivity index is 1.80. The molecule has 4 rings (SSSR count). The number of nitrogens with zero attached hydrogens (tertiary/aromatic N) is 1. The molecular weight excluding hydrogens is 234 g/mol. The molecule has 0 saturated heterocycles. The van der Waals surface area contributed by atoms with Gasteiger partial charge in [-0.15, -0.1) is 0 Å². The van der Waals surface area contributed by atoms with E-state index in [4.69, 9.17) is 0 Å². The van der Waals surface area contributed by atoms with Crippen molar-refractivity contribution in [1.29, 1.82) is 0 Å². The Morgan fingerprint density at radius 2 is 1.84 bits per heavy atom. The maximum absolute atomic E-state index is 10.0. The van der Waals surface area contributed by atoms with Gasteiger partial charge in [0.1, 0.15) is 5.75 Å². The van der Waals surface area contributed by atoms with Gasteiger partial charge in [0.05, 0.1) is 0 Å². The summed E-state index contributed by atoms with van der Waals surface area (Å²) in [5.74, 6) is 0.454. The highest BCUT2D eigenvalue weighted by Crippen LogP contribution is 2.39. The molecule has 96 valence electrons. The smallest absolute Gasteiger partial charge is 0.120 e. The SMILES string of the molecule is Oc1cccc2c1CN1CCc3ccccc3[C@@H]1C2. The third-order valence-electron chi connectivity index (χ3n) is 4.55. The largest absolute Gasteiger partial charge is 0.508 e. The van der Waals surface area contributed by atoms with E-state index < -0.39 is 0 Å². The standard InChI is InChI=1S/C17H17NO/c19-17-7-3-5-13-10-16-14-6-2-1-4-12(14)8-9-18(16)11-15(13)17/h1-7,16,19H,8-11H2/t16-/m0/s1. The molecular formula is C17H17NO. The molecule has 0 saturated carbocycles. The van der Waals surface area contributed by atoms with Crippen LogP contribution in [0, 0.1) is 0 Å². The zero-order valence-electron chi connectivity index (χ0n) is 10.8. The van der Waals surface area contributed by atoms with Crippen molar-refractivity contribution in [3.05, 3.63) is 64.7 Å². The van der Waals surface area contributed by atoms with Crippen molar-refractivity contribution >= 4 is 0 Å². The summed E-state index contributed by atoms with van der Waals surface area (Å²) < 4.78 is 0. The van der Waals surface area contributed by atoms with Crippen LogP contribution >= 0.6 is 0 Å². The second-order valence-corrected chi connectivity index (χ2v) is 5.55. The molecule has 0 fully saturated rings. The molecule has 2 nitrogen and oxygen atoms in total. The Morgan fingerprint density at radius 3 is 2.79 bits per heavy atom. The Morgan fingerprint density at radius 1 is 1.00 bits per heavy atom. The normalized spacial score (nSPS) is 21.4. The van der Waals surface area contributed by atoms with Crippen molar-refractivity contribution in [2.75, 3.05) is 6.54 Å². The molecule has 2 aromatic rings. The van der Waals surface area contributed by atoms with E-state index in [9.17, 15) is 5.11 Å². The minimum Gasteiger partial charge on any atom is -0.508 e. The molecule has 19 heavy (non-hydrogen) atoms. The molecule has 0 radical (unpaired) electrons. The first-order chi connectivity index (χ1) is 9.33. The molecule has 1 N–H and O–H groups in total. The van der Waals surface area contributed by atoms with Crippen LogP contribution in [0.2, 0.25) is 0 Å². The van der Waals surface area contributed by atoms with Crippen LogP contribution in [-0.4, -0.2) is 16.6 Å². The molecule has 1 atom stereocenters. The third kappa shape index (κ3) is 1.67. The molecule has 0 unspecified atom stereocenters. The fraction of sp³-hybridized carbons (Fsp3) is 0.294. The predicted molar refractivity (Wildman–Crippen MR) is 75.1 cm³/mol. The number of benzene rings is 2. The van der Waals surface area contributed by atoms with E-state index >= 15 is 0 Å². The number of rotatable bonds is 0. The number of hydrogen-bond donors (Lipinski definition) is 1. The molecule has 0 bridgehead atoms. The monoisotopic (exact) mass is 251 g/mol. The molecule has 2 aliphatic rings. The zero-order chi connectivity index (χ0) is 12.8. The highest BCUT2D eigenvalue weighted by Gasteiger charge is 2.32. The Bertz CT molecular complexity index is 635.